The number of nitrogens with zero attached hydrogens (tertiary/aromatic N) is 1. The van der Waals surface area contributed by atoms with Crippen molar-refractivity contribution in [2.75, 3.05) is 32.7 Å². The number of hydrogen-bond acceptors (Lipinski definition) is 2. The van der Waals surface area contributed by atoms with E-state index in [0.717, 1.165) is 11.4 Å². The van der Waals surface area contributed by atoms with E-state index >= 15 is 0 Å². The van der Waals surface area contributed by atoms with Crippen LogP contribution >= 0.6 is 11.6 Å². The van der Waals surface area contributed by atoms with Gasteiger partial charge in [-0.1, -0.05) is 23.7 Å². The van der Waals surface area contributed by atoms with Crippen LogP contribution in [0.2, 0.25) is 5.02 Å². The van der Waals surface area contributed by atoms with Crippen LogP contribution in [-0.4, -0.2) is 37.6 Å². The lowest BCUT2D eigenvalue weighted by Gasteiger charge is -2.33. The lowest BCUT2D eigenvalue weighted by Crippen LogP contribution is -2.38. The number of nitrogens with one attached hydrogen (secondary N) is 1. The van der Waals surface area contributed by atoms with Gasteiger partial charge in [-0.2, -0.15) is 0 Å². The Labute approximate surface area is 121 Å². The number of benzene rings is 1. The van der Waals surface area contributed by atoms with Crippen molar-refractivity contribution in [1.82, 2.24) is 10.2 Å². The lowest BCUT2D eigenvalue weighted by molar-refractivity contribution is 0.197. The lowest BCUT2D eigenvalue weighted by atomic mass is 9.78. The second-order valence-electron chi connectivity index (χ2n) is 6.16. The maximum Gasteiger partial charge on any atom is 0.0408 e. The molecule has 1 N–H and O–H groups in total. The minimum atomic E-state index is 0.625. The zero-order valence-corrected chi connectivity index (χ0v) is 12.3. The highest BCUT2D eigenvalue weighted by molar-refractivity contribution is 6.30. The van der Waals surface area contributed by atoms with Gasteiger partial charge in [0.2, 0.25) is 0 Å². The van der Waals surface area contributed by atoms with E-state index in [1.807, 2.05) is 6.07 Å². The molecular weight excluding hydrogens is 256 g/mol. The Bertz CT molecular complexity index is 427. The van der Waals surface area contributed by atoms with Gasteiger partial charge in [0, 0.05) is 18.1 Å². The van der Waals surface area contributed by atoms with E-state index in [2.05, 4.69) is 28.4 Å². The van der Waals surface area contributed by atoms with Crippen molar-refractivity contribution in [2.45, 2.75) is 25.7 Å². The van der Waals surface area contributed by atoms with Crippen molar-refractivity contribution in [3.63, 3.8) is 0 Å². The molecule has 0 atom stereocenters. The van der Waals surface area contributed by atoms with E-state index in [1.54, 1.807) is 0 Å². The summed E-state index contributed by atoms with van der Waals surface area (Å²) in [4.78, 5) is 2.65. The van der Waals surface area contributed by atoms with Crippen molar-refractivity contribution in [2.24, 2.45) is 5.41 Å². The molecule has 2 heterocycles. The first-order valence-corrected chi connectivity index (χ1v) is 7.81. The summed E-state index contributed by atoms with van der Waals surface area (Å²) in [6.07, 6.45) is 5.24. The summed E-state index contributed by atoms with van der Waals surface area (Å²) < 4.78 is 0. The summed E-state index contributed by atoms with van der Waals surface area (Å²) in [7, 11) is 0. The molecule has 0 amide bonds. The molecule has 3 rings (SSSR count). The molecule has 0 aromatic heterocycles. The van der Waals surface area contributed by atoms with Crippen LogP contribution in [-0.2, 0) is 6.42 Å². The third-order valence-corrected chi connectivity index (χ3v) is 5.02. The van der Waals surface area contributed by atoms with Crippen LogP contribution in [0.4, 0.5) is 0 Å². The smallest absolute Gasteiger partial charge is 0.0408 e. The Morgan fingerprint density at radius 3 is 2.84 bits per heavy atom. The first-order valence-electron chi connectivity index (χ1n) is 7.43. The molecule has 0 aliphatic carbocycles. The van der Waals surface area contributed by atoms with Gasteiger partial charge >= 0.3 is 0 Å². The normalized spacial score (nSPS) is 23.0. The molecule has 2 aliphatic heterocycles. The zero-order chi connectivity index (χ0) is 13.1. The zero-order valence-electron chi connectivity index (χ0n) is 11.5. The first kappa shape index (κ1) is 13.4. The van der Waals surface area contributed by atoms with E-state index in [-0.39, 0.29) is 0 Å². The Hall–Kier alpha value is -0.570. The molecule has 1 aromatic carbocycles. The summed E-state index contributed by atoms with van der Waals surface area (Å²) in [6.45, 7) is 6.18. The largest absolute Gasteiger partial charge is 0.317 e. The number of halogens is 1. The molecule has 2 fully saturated rings. The molecule has 104 valence electrons. The quantitative estimate of drug-likeness (QED) is 0.915. The number of rotatable bonds is 3. The molecule has 2 aliphatic rings. The van der Waals surface area contributed by atoms with Gasteiger partial charge < -0.3 is 10.2 Å². The van der Waals surface area contributed by atoms with Gasteiger partial charge in [-0.05, 0) is 68.4 Å². The standard InChI is InChI=1S/C16H23ClN2/c17-15-3-1-2-14(12-15)4-10-19-11-7-16(13-19)5-8-18-9-6-16/h1-3,12,18H,4-11,13H2. The van der Waals surface area contributed by atoms with Crippen molar-refractivity contribution < 1.29 is 0 Å². The second kappa shape index (κ2) is 5.82. The number of piperidine rings is 1. The highest BCUT2D eigenvalue weighted by atomic mass is 35.5. The van der Waals surface area contributed by atoms with Crippen LogP contribution < -0.4 is 5.32 Å². The van der Waals surface area contributed by atoms with Gasteiger partial charge in [-0.15, -0.1) is 0 Å². The van der Waals surface area contributed by atoms with E-state index in [9.17, 15) is 0 Å². The van der Waals surface area contributed by atoms with Crippen LogP contribution in [0.25, 0.3) is 0 Å². The number of likely N-dealkylation sites (tertiary alicyclic amines) is 1. The van der Waals surface area contributed by atoms with Gasteiger partial charge in [-0.25, -0.2) is 0 Å². The van der Waals surface area contributed by atoms with Crippen LogP contribution in [0.3, 0.4) is 0 Å². The molecule has 0 bridgehead atoms. The highest BCUT2D eigenvalue weighted by Gasteiger charge is 2.38. The molecule has 1 aromatic rings. The average Bonchev–Trinajstić information content (AvgIpc) is 2.80. The fourth-order valence-corrected chi connectivity index (χ4v) is 3.78. The predicted octanol–water partition coefficient (Wildman–Crippen LogP) is 2.96. The topological polar surface area (TPSA) is 15.3 Å². The Balaban J connectivity index is 1.52. The third kappa shape index (κ3) is 3.31. The minimum Gasteiger partial charge on any atom is -0.317 e. The second-order valence-corrected chi connectivity index (χ2v) is 6.59. The molecule has 19 heavy (non-hydrogen) atoms. The summed E-state index contributed by atoms with van der Waals surface area (Å²) in [5.74, 6) is 0. The van der Waals surface area contributed by atoms with E-state index in [4.69, 9.17) is 11.6 Å². The first-order chi connectivity index (χ1) is 9.26. The van der Waals surface area contributed by atoms with Crippen LogP contribution in [0.5, 0.6) is 0 Å². The fourth-order valence-electron chi connectivity index (χ4n) is 3.56. The number of hydrogen-bond donors (Lipinski definition) is 1. The fraction of sp³-hybridized carbons (Fsp3) is 0.625. The van der Waals surface area contributed by atoms with Gasteiger partial charge in [0.15, 0.2) is 0 Å². The molecule has 2 nitrogen and oxygen atoms in total. The maximum absolute atomic E-state index is 6.04. The average molecular weight is 279 g/mol. The van der Waals surface area contributed by atoms with Crippen molar-refractivity contribution in [1.29, 1.82) is 0 Å². The Kier molecular flexibility index (Phi) is 4.11. The molecule has 0 saturated carbocycles. The van der Waals surface area contributed by atoms with Crippen LogP contribution in [0, 0.1) is 5.41 Å². The Morgan fingerprint density at radius 2 is 2.05 bits per heavy atom. The van der Waals surface area contributed by atoms with Crippen LogP contribution in [0.1, 0.15) is 24.8 Å². The van der Waals surface area contributed by atoms with Crippen molar-refractivity contribution >= 4 is 11.6 Å². The summed E-state index contributed by atoms with van der Waals surface area (Å²) in [5, 5.41) is 4.34. The van der Waals surface area contributed by atoms with Crippen molar-refractivity contribution in [3.8, 4) is 0 Å². The van der Waals surface area contributed by atoms with E-state index in [0.29, 0.717) is 5.41 Å². The summed E-state index contributed by atoms with van der Waals surface area (Å²) in [5.41, 5.74) is 1.98. The predicted molar refractivity (Wildman–Crippen MR) is 80.7 cm³/mol. The Morgan fingerprint density at radius 1 is 1.21 bits per heavy atom. The van der Waals surface area contributed by atoms with Gasteiger partial charge in [-0.3, -0.25) is 0 Å². The molecule has 3 heteroatoms. The third-order valence-electron chi connectivity index (χ3n) is 4.79. The SMILES string of the molecule is Clc1cccc(CCN2CCC3(CCNCC3)C2)c1. The molecule has 0 radical (unpaired) electrons. The maximum atomic E-state index is 6.04. The summed E-state index contributed by atoms with van der Waals surface area (Å²) in [6, 6.07) is 8.28. The molecule has 2 saturated heterocycles. The van der Waals surface area contributed by atoms with E-state index in [1.165, 1.54) is 57.5 Å². The monoisotopic (exact) mass is 278 g/mol. The summed E-state index contributed by atoms with van der Waals surface area (Å²) >= 11 is 6.04. The van der Waals surface area contributed by atoms with E-state index < -0.39 is 0 Å². The minimum absolute atomic E-state index is 0.625. The van der Waals surface area contributed by atoms with Gasteiger partial charge in [0.25, 0.3) is 0 Å². The molecule has 1 spiro atoms. The highest BCUT2D eigenvalue weighted by Crippen LogP contribution is 2.38. The molecule has 0 unspecified atom stereocenters. The van der Waals surface area contributed by atoms with Crippen molar-refractivity contribution in [3.05, 3.63) is 34.9 Å². The van der Waals surface area contributed by atoms with Gasteiger partial charge in [0.05, 0.1) is 0 Å². The van der Waals surface area contributed by atoms with Gasteiger partial charge in [0.1, 0.15) is 0 Å². The van der Waals surface area contributed by atoms with Crippen LogP contribution in [0.15, 0.2) is 24.3 Å². The molecular formula is C16H23ClN2.